The molecule has 0 aromatic heterocycles. The van der Waals surface area contributed by atoms with E-state index in [-0.39, 0.29) is 6.42 Å². The lowest BCUT2D eigenvalue weighted by molar-refractivity contribution is -0.139. The number of carboxylic acid groups (broad SMARTS) is 1. The Kier molecular flexibility index (Phi) is 5.80. The van der Waals surface area contributed by atoms with Gasteiger partial charge in [-0.15, -0.1) is 0 Å². The van der Waals surface area contributed by atoms with Gasteiger partial charge in [-0.05, 0) is 37.5 Å². The second-order valence-corrected chi connectivity index (χ2v) is 6.81. The van der Waals surface area contributed by atoms with Crippen molar-refractivity contribution in [2.75, 3.05) is 0 Å². The van der Waals surface area contributed by atoms with Crippen molar-refractivity contribution >= 4 is 12.1 Å². The molecule has 0 saturated carbocycles. The van der Waals surface area contributed by atoms with Crippen LogP contribution in [-0.2, 0) is 16.0 Å². The molecular weight excluding hydrogens is 318 g/mol. The third kappa shape index (κ3) is 5.95. The van der Waals surface area contributed by atoms with Crippen LogP contribution in [0.2, 0.25) is 0 Å². The molecule has 2 N–H and O–H groups in total. The first-order valence-electron chi connectivity index (χ1n) is 8.11. The molecule has 132 valence electrons. The van der Waals surface area contributed by atoms with E-state index in [0.29, 0.717) is 0 Å². The predicted octanol–water partition coefficient (Wildman–Crippen LogP) is 3.87. The van der Waals surface area contributed by atoms with E-state index in [1.165, 1.54) is 0 Å². The van der Waals surface area contributed by atoms with E-state index < -0.39 is 23.7 Å². The molecule has 25 heavy (non-hydrogen) atoms. The fourth-order valence-corrected chi connectivity index (χ4v) is 2.39. The molecular formula is C20H23NO4. The Hall–Kier alpha value is -2.82. The highest BCUT2D eigenvalue weighted by Crippen LogP contribution is 2.20. The van der Waals surface area contributed by atoms with Crippen molar-refractivity contribution < 1.29 is 19.4 Å². The highest BCUT2D eigenvalue weighted by molar-refractivity contribution is 5.80. The molecule has 0 fully saturated rings. The first-order chi connectivity index (χ1) is 11.7. The Morgan fingerprint density at radius 1 is 1.04 bits per heavy atom. The number of benzene rings is 2. The summed E-state index contributed by atoms with van der Waals surface area (Å²) in [5.41, 5.74) is 2.20. The summed E-state index contributed by atoms with van der Waals surface area (Å²) in [7, 11) is 0. The number of carbonyl (C=O) groups is 2. The average Bonchev–Trinajstić information content (AvgIpc) is 2.53. The van der Waals surface area contributed by atoms with Crippen molar-refractivity contribution in [1.82, 2.24) is 5.32 Å². The Balaban J connectivity index is 2.12. The molecule has 0 aliphatic carbocycles. The van der Waals surface area contributed by atoms with Crippen molar-refractivity contribution in [2.45, 2.75) is 38.8 Å². The quantitative estimate of drug-likeness (QED) is 0.865. The van der Waals surface area contributed by atoms with Crippen molar-refractivity contribution in [1.29, 1.82) is 0 Å². The number of hydrogen-bond acceptors (Lipinski definition) is 3. The molecule has 0 saturated heterocycles. The molecule has 1 unspecified atom stereocenters. The smallest absolute Gasteiger partial charge is 0.408 e. The fourth-order valence-electron chi connectivity index (χ4n) is 2.39. The molecule has 1 amide bonds. The van der Waals surface area contributed by atoms with Crippen LogP contribution in [0.15, 0.2) is 54.6 Å². The van der Waals surface area contributed by atoms with Gasteiger partial charge >= 0.3 is 12.1 Å². The summed E-state index contributed by atoms with van der Waals surface area (Å²) < 4.78 is 5.14. The Labute approximate surface area is 147 Å². The molecule has 2 rings (SSSR count). The summed E-state index contributed by atoms with van der Waals surface area (Å²) in [5.74, 6) is -1.10. The minimum absolute atomic E-state index is 0.176. The minimum Gasteiger partial charge on any atom is -0.480 e. The van der Waals surface area contributed by atoms with E-state index in [9.17, 15) is 14.7 Å². The fraction of sp³-hybridized carbons (Fsp3) is 0.300. The van der Waals surface area contributed by atoms with Gasteiger partial charge in [0.25, 0.3) is 0 Å². The van der Waals surface area contributed by atoms with Crippen molar-refractivity contribution in [3.63, 3.8) is 0 Å². The van der Waals surface area contributed by atoms with Crippen LogP contribution >= 0.6 is 0 Å². The number of carboxylic acids is 1. The number of hydrogen-bond donors (Lipinski definition) is 2. The summed E-state index contributed by atoms with van der Waals surface area (Å²) >= 11 is 0. The SMILES string of the molecule is CC(C)(C)OC(=O)NC(Cc1cccc(-c2ccccc2)c1)C(=O)O. The maximum Gasteiger partial charge on any atom is 0.408 e. The van der Waals surface area contributed by atoms with Gasteiger partial charge in [0.2, 0.25) is 0 Å². The monoisotopic (exact) mass is 341 g/mol. The molecule has 1 atom stereocenters. The maximum atomic E-state index is 11.9. The lowest BCUT2D eigenvalue weighted by atomic mass is 9.99. The Morgan fingerprint density at radius 2 is 1.68 bits per heavy atom. The summed E-state index contributed by atoms with van der Waals surface area (Å²) in [6.45, 7) is 5.18. The minimum atomic E-state index is -1.10. The van der Waals surface area contributed by atoms with Gasteiger partial charge in [-0.3, -0.25) is 0 Å². The maximum absolute atomic E-state index is 11.9. The molecule has 0 aliphatic heterocycles. The number of nitrogens with one attached hydrogen (secondary N) is 1. The van der Waals surface area contributed by atoms with Crippen LogP contribution in [0.1, 0.15) is 26.3 Å². The summed E-state index contributed by atoms with van der Waals surface area (Å²) in [5, 5.41) is 11.8. The standard InChI is InChI=1S/C20H23NO4/c1-20(2,3)25-19(24)21-17(18(22)23)13-14-8-7-11-16(12-14)15-9-5-4-6-10-15/h4-12,17H,13H2,1-3H3,(H,21,24)(H,22,23). The lowest BCUT2D eigenvalue weighted by Crippen LogP contribution is -2.44. The summed E-state index contributed by atoms with van der Waals surface area (Å²) in [6.07, 6.45) is -0.561. The molecule has 0 aliphatic rings. The lowest BCUT2D eigenvalue weighted by Gasteiger charge is -2.22. The normalized spacial score (nSPS) is 12.3. The second-order valence-electron chi connectivity index (χ2n) is 6.81. The molecule has 0 bridgehead atoms. The molecule has 5 nitrogen and oxygen atoms in total. The second kappa shape index (κ2) is 7.83. The van der Waals surface area contributed by atoms with E-state index in [1.807, 2.05) is 54.6 Å². The van der Waals surface area contributed by atoms with Crippen LogP contribution in [-0.4, -0.2) is 28.8 Å². The van der Waals surface area contributed by atoms with E-state index in [4.69, 9.17) is 4.74 Å². The third-order valence-corrected chi connectivity index (χ3v) is 3.46. The van der Waals surface area contributed by atoms with Gasteiger partial charge in [0.1, 0.15) is 11.6 Å². The van der Waals surface area contributed by atoms with Gasteiger partial charge < -0.3 is 15.2 Å². The van der Waals surface area contributed by atoms with Crippen LogP contribution < -0.4 is 5.32 Å². The number of aliphatic carboxylic acids is 1. The van der Waals surface area contributed by atoms with E-state index in [2.05, 4.69) is 5.32 Å². The zero-order valence-corrected chi connectivity index (χ0v) is 14.7. The van der Waals surface area contributed by atoms with E-state index in [1.54, 1.807) is 20.8 Å². The first kappa shape index (κ1) is 18.5. The Morgan fingerprint density at radius 3 is 2.28 bits per heavy atom. The van der Waals surface area contributed by atoms with Crippen molar-refractivity contribution in [3.05, 3.63) is 60.2 Å². The largest absolute Gasteiger partial charge is 0.480 e. The number of alkyl carbamates (subject to hydrolysis) is 1. The number of ether oxygens (including phenoxy) is 1. The molecule has 0 spiro atoms. The summed E-state index contributed by atoms with van der Waals surface area (Å²) in [6, 6.07) is 16.4. The van der Waals surface area contributed by atoms with Crippen LogP contribution in [0.5, 0.6) is 0 Å². The van der Waals surface area contributed by atoms with Crippen LogP contribution in [0.4, 0.5) is 4.79 Å². The van der Waals surface area contributed by atoms with Crippen molar-refractivity contribution in [2.24, 2.45) is 0 Å². The molecule has 0 heterocycles. The van der Waals surface area contributed by atoms with Crippen LogP contribution in [0.25, 0.3) is 11.1 Å². The zero-order chi connectivity index (χ0) is 18.4. The number of rotatable bonds is 5. The van der Waals surface area contributed by atoms with Crippen LogP contribution in [0, 0.1) is 0 Å². The zero-order valence-electron chi connectivity index (χ0n) is 14.7. The van der Waals surface area contributed by atoms with E-state index >= 15 is 0 Å². The van der Waals surface area contributed by atoms with E-state index in [0.717, 1.165) is 16.7 Å². The number of carbonyl (C=O) groups excluding carboxylic acids is 1. The molecule has 2 aromatic rings. The van der Waals surface area contributed by atoms with Gasteiger partial charge in [0.15, 0.2) is 0 Å². The van der Waals surface area contributed by atoms with Gasteiger partial charge in [-0.25, -0.2) is 9.59 Å². The van der Waals surface area contributed by atoms with Gasteiger partial charge in [-0.1, -0.05) is 54.6 Å². The highest BCUT2D eigenvalue weighted by atomic mass is 16.6. The average molecular weight is 341 g/mol. The first-order valence-corrected chi connectivity index (χ1v) is 8.11. The molecule has 2 aromatic carbocycles. The summed E-state index contributed by atoms with van der Waals surface area (Å²) in [4.78, 5) is 23.3. The molecule has 0 radical (unpaired) electrons. The van der Waals surface area contributed by atoms with Gasteiger partial charge in [0.05, 0.1) is 0 Å². The van der Waals surface area contributed by atoms with Crippen LogP contribution in [0.3, 0.4) is 0 Å². The number of amides is 1. The molecule has 5 heteroatoms. The highest BCUT2D eigenvalue weighted by Gasteiger charge is 2.24. The van der Waals surface area contributed by atoms with Gasteiger partial charge in [0, 0.05) is 6.42 Å². The third-order valence-electron chi connectivity index (χ3n) is 3.46. The predicted molar refractivity (Wildman–Crippen MR) is 96.4 cm³/mol. The van der Waals surface area contributed by atoms with Gasteiger partial charge in [-0.2, -0.15) is 0 Å². The Bertz CT molecular complexity index is 735. The van der Waals surface area contributed by atoms with Crippen molar-refractivity contribution in [3.8, 4) is 11.1 Å². The topological polar surface area (TPSA) is 75.6 Å².